The average Bonchev–Trinajstić information content (AvgIpc) is 2.31. The summed E-state index contributed by atoms with van der Waals surface area (Å²) in [5.74, 6) is 0.527. The second-order valence-corrected chi connectivity index (χ2v) is 4.26. The number of nitrogens with zero attached hydrogens (tertiary/aromatic N) is 2. The van der Waals surface area contributed by atoms with Gasteiger partial charge < -0.3 is 5.11 Å². The van der Waals surface area contributed by atoms with Crippen molar-refractivity contribution in [2.24, 2.45) is 5.92 Å². The molecule has 0 atom stereocenters. The van der Waals surface area contributed by atoms with Crippen LogP contribution < -0.4 is 0 Å². The van der Waals surface area contributed by atoms with Gasteiger partial charge in [0.15, 0.2) is 0 Å². The molecule has 0 aromatic carbocycles. The van der Waals surface area contributed by atoms with E-state index in [2.05, 4.69) is 22.0 Å². The number of hydrogen-bond donors (Lipinski definition) is 1. The van der Waals surface area contributed by atoms with Crippen molar-refractivity contribution in [2.45, 2.75) is 19.4 Å². The quantitative estimate of drug-likeness (QED) is 0.809. The summed E-state index contributed by atoms with van der Waals surface area (Å²) in [6.07, 6.45) is 5.94. The van der Waals surface area contributed by atoms with Crippen molar-refractivity contribution in [2.75, 3.05) is 19.7 Å². The molecule has 1 N–H and O–H groups in total. The minimum Gasteiger partial charge on any atom is -0.396 e. The topological polar surface area (TPSA) is 36.4 Å². The first-order valence-corrected chi connectivity index (χ1v) is 5.60. The maximum absolute atomic E-state index is 9.04. The lowest BCUT2D eigenvalue weighted by Crippen LogP contribution is -2.34. The van der Waals surface area contributed by atoms with Crippen LogP contribution in [0, 0.1) is 5.92 Å². The Morgan fingerprint density at radius 3 is 2.53 bits per heavy atom. The minimum absolute atomic E-state index is 0.350. The Balaban J connectivity index is 1.82. The van der Waals surface area contributed by atoms with Gasteiger partial charge >= 0.3 is 0 Å². The summed E-state index contributed by atoms with van der Waals surface area (Å²) in [6.45, 7) is 3.57. The van der Waals surface area contributed by atoms with Crippen LogP contribution in [0.4, 0.5) is 0 Å². The van der Waals surface area contributed by atoms with E-state index >= 15 is 0 Å². The first kappa shape index (κ1) is 10.6. The van der Waals surface area contributed by atoms with Gasteiger partial charge in [0.2, 0.25) is 0 Å². The lowest BCUT2D eigenvalue weighted by Gasteiger charge is -2.30. The maximum atomic E-state index is 9.04. The largest absolute Gasteiger partial charge is 0.396 e. The molecule has 1 fully saturated rings. The molecular weight excluding hydrogens is 188 g/mol. The molecule has 1 aromatic heterocycles. The fourth-order valence-electron chi connectivity index (χ4n) is 2.07. The minimum atomic E-state index is 0.350. The Morgan fingerprint density at radius 1 is 1.27 bits per heavy atom. The van der Waals surface area contributed by atoms with E-state index in [1.165, 1.54) is 5.56 Å². The molecule has 0 unspecified atom stereocenters. The molecule has 1 aliphatic heterocycles. The zero-order chi connectivity index (χ0) is 10.5. The van der Waals surface area contributed by atoms with Gasteiger partial charge in [0, 0.05) is 25.5 Å². The maximum Gasteiger partial charge on any atom is 0.0460 e. The molecule has 1 aliphatic rings. The van der Waals surface area contributed by atoms with E-state index in [0.29, 0.717) is 12.5 Å². The molecular formula is C12H18N2O. The number of aromatic nitrogens is 1. The molecule has 0 bridgehead atoms. The Bertz CT molecular complexity index is 281. The number of aliphatic hydroxyl groups is 1. The van der Waals surface area contributed by atoms with Crippen LogP contribution in [0.3, 0.4) is 0 Å². The molecule has 0 spiro atoms. The average molecular weight is 206 g/mol. The van der Waals surface area contributed by atoms with Crippen LogP contribution >= 0.6 is 0 Å². The van der Waals surface area contributed by atoms with Gasteiger partial charge in [0.05, 0.1) is 0 Å². The SMILES string of the molecule is OCC1CCN(Cc2ccncc2)CC1. The first-order valence-electron chi connectivity index (χ1n) is 5.60. The highest BCUT2D eigenvalue weighted by Crippen LogP contribution is 2.17. The fraction of sp³-hybridized carbons (Fsp3) is 0.583. The van der Waals surface area contributed by atoms with E-state index in [4.69, 9.17) is 5.11 Å². The summed E-state index contributed by atoms with van der Waals surface area (Å²) in [4.78, 5) is 6.46. The Hall–Kier alpha value is -0.930. The van der Waals surface area contributed by atoms with E-state index in [9.17, 15) is 0 Å². The van der Waals surface area contributed by atoms with Gasteiger partial charge in [0.1, 0.15) is 0 Å². The molecule has 0 radical (unpaired) electrons. The van der Waals surface area contributed by atoms with Crippen molar-refractivity contribution in [3.8, 4) is 0 Å². The highest BCUT2D eigenvalue weighted by atomic mass is 16.3. The van der Waals surface area contributed by atoms with Crippen molar-refractivity contribution in [3.63, 3.8) is 0 Å². The van der Waals surface area contributed by atoms with Crippen LogP contribution in [-0.2, 0) is 6.54 Å². The van der Waals surface area contributed by atoms with Crippen molar-refractivity contribution in [3.05, 3.63) is 30.1 Å². The number of likely N-dealkylation sites (tertiary alicyclic amines) is 1. The third-order valence-corrected chi connectivity index (χ3v) is 3.12. The molecule has 1 saturated heterocycles. The van der Waals surface area contributed by atoms with E-state index < -0.39 is 0 Å². The van der Waals surface area contributed by atoms with Crippen molar-refractivity contribution < 1.29 is 5.11 Å². The predicted octanol–water partition coefficient (Wildman–Crippen LogP) is 1.29. The molecule has 0 amide bonds. The van der Waals surface area contributed by atoms with E-state index in [-0.39, 0.29) is 0 Å². The Kier molecular flexibility index (Phi) is 3.69. The highest BCUT2D eigenvalue weighted by molar-refractivity contribution is 5.09. The Morgan fingerprint density at radius 2 is 1.93 bits per heavy atom. The summed E-state index contributed by atoms with van der Waals surface area (Å²) in [5, 5.41) is 9.04. The summed E-state index contributed by atoms with van der Waals surface area (Å²) in [7, 11) is 0. The number of pyridine rings is 1. The smallest absolute Gasteiger partial charge is 0.0460 e. The van der Waals surface area contributed by atoms with Gasteiger partial charge in [-0.3, -0.25) is 9.88 Å². The van der Waals surface area contributed by atoms with Gasteiger partial charge in [-0.05, 0) is 49.5 Å². The van der Waals surface area contributed by atoms with Gasteiger partial charge in [-0.1, -0.05) is 0 Å². The lowest BCUT2D eigenvalue weighted by atomic mass is 9.97. The Labute approximate surface area is 90.8 Å². The lowest BCUT2D eigenvalue weighted by molar-refractivity contribution is 0.127. The summed E-state index contributed by atoms with van der Waals surface area (Å²) >= 11 is 0. The zero-order valence-electron chi connectivity index (χ0n) is 8.97. The molecule has 1 aromatic rings. The van der Waals surface area contributed by atoms with E-state index in [1.54, 1.807) is 0 Å². The summed E-state index contributed by atoms with van der Waals surface area (Å²) in [6, 6.07) is 4.14. The first-order chi connectivity index (χ1) is 7.38. The molecule has 0 aliphatic carbocycles. The van der Waals surface area contributed by atoms with Crippen LogP contribution in [0.2, 0.25) is 0 Å². The molecule has 15 heavy (non-hydrogen) atoms. The van der Waals surface area contributed by atoms with Gasteiger partial charge in [-0.2, -0.15) is 0 Å². The number of rotatable bonds is 3. The van der Waals surface area contributed by atoms with Crippen molar-refractivity contribution >= 4 is 0 Å². The zero-order valence-corrected chi connectivity index (χ0v) is 8.97. The standard InChI is InChI=1S/C12H18N2O/c15-10-12-3-7-14(8-4-12)9-11-1-5-13-6-2-11/h1-2,5-6,12,15H,3-4,7-10H2. The molecule has 2 rings (SSSR count). The monoisotopic (exact) mass is 206 g/mol. The third-order valence-electron chi connectivity index (χ3n) is 3.12. The number of hydrogen-bond acceptors (Lipinski definition) is 3. The predicted molar refractivity (Wildman–Crippen MR) is 59.3 cm³/mol. The highest BCUT2D eigenvalue weighted by Gasteiger charge is 2.17. The van der Waals surface area contributed by atoms with E-state index in [1.807, 2.05) is 12.4 Å². The van der Waals surface area contributed by atoms with Crippen LogP contribution in [-0.4, -0.2) is 34.7 Å². The van der Waals surface area contributed by atoms with Crippen LogP contribution in [0.5, 0.6) is 0 Å². The summed E-state index contributed by atoms with van der Waals surface area (Å²) in [5.41, 5.74) is 1.33. The third kappa shape index (κ3) is 3.01. The second-order valence-electron chi connectivity index (χ2n) is 4.26. The number of piperidine rings is 1. The molecule has 82 valence electrons. The second kappa shape index (κ2) is 5.24. The molecule has 2 heterocycles. The molecule has 3 nitrogen and oxygen atoms in total. The van der Waals surface area contributed by atoms with Gasteiger partial charge in [-0.15, -0.1) is 0 Å². The van der Waals surface area contributed by atoms with Crippen LogP contribution in [0.1, 0.15) is 18.4 Å². The summed E-state index contributed by atoms with van der Waals surface area (Å²) < 4.78 is 0. The molecule has 0 saturated carbocycles. The number of aliphatic hydroxyl groups excluding tert-OH is 1. The van der Waals surface area contributed by atoms with Crippen molar-refractivity contribution in [1.82, 2.24) is 9.88 Å². The van der Waals surface area contributed by atoms with Gasteiger partial charge in [-0.25, -0.2) is 0 Å². The fourth-order valence-corrected chi connectivity index (χ4v) is 2.07. The van der Waals surface area contributed by atoms with Crippen molar-refractivity contribution in [1.29, 1.82) is 0 Å². The van der Waals surface area contributed by atoms with Gasteiger partial charge in [0.25, 0.3) is 0 Å². The normalized spacial score (nSPS) is 19.3. The van der Waals surface area contributed by atoms with Crippen LogP contribution in [0.25, 0.3) is 0 Å². The molecule has 3 heteroatoms. The van der Waals surface area contributed by atoms with Crippen LogP contribution in [0.15, 0.2) is 24.5 Å². The van der Waals surface area contributed by atoms with E-state index in [0.717, 1.165) is 32.5 Å².